The molecule has 0 saturated carbocycles. The van der Waals surface area contributed by atoms with E-state index in [1.165, 1.54) is 12.4 Å². The Morgan fingerprint density at radius 2 is 2.00 bits per heavy atom. The zero-order valence-corrected chi connectivity index (χ0v) is 5.07. The van der Waals surface area contributed by atoms with Gasteiger partial charge < -0.3 is 0 Å². The van der Waals surface area contributed by atoms with Gasteiger partial charge in [-0.2, -0.15) is 5.26 Å². The molecular formula is C7H3N3. The minimum atomic E-state index is 0.305. The van der Waals surface area contributed by atoms with Crippen molar-refractivity contribution in [3.8, 4) is 18.4 Å². The Hall–Kier alpha value is -1.87. The molecule has 0 saturated heterocycles. The summed E-state index contributed by atoms with van der Waals surface area (Å²) >= 11 is 0. The molecule has 0 bridgehead atoms. The largest absolute Gasteiger partial charge is 0.228 e. The highest BCUT2D eigenvalue weighted by Gasteiger charge is 1.90. The third-order valence-electron chi connectivity index (χ3n) is 0.910. The Kier molecular flexibility index (Phi) is 1.63. The van der Waals surface area contributed by atoms with Gasteiger partial charge in [0.1, 0.15) is 6.07 Å². The number of nitriles is 1. The van der Waals surface area contributed by atoms with E-state index in [9.17, 15) is 0 Å². The summed E-state index contributed by atoms with van der Waals surface area (Å²) in [6.45, 7) is 0. The summed E-state index contributed by atoms with van der Waals surface area (Å²) in [4.78, 5) is 7.40. The van der Waals surface area contributed by atoms with Gasteiger partial charge in [0.05, 0.1) is 5.56 Å². The second-order valence-electron chi connectivity index (χ2n) is 1.55. The molecule has 1 rings (SSSR count). The van der Waals surface area contributed by atoms with E-state index in [2.05, 4.69) is 15.9 Å². The maximum atomic E-state index is 8.32. The average molecular weight is 129 g/mol. The highest BCUT2D eigenvalue weighted by molar-refractivity contribution is 5.25. The molecule has 46 valence electrons. The lowest BCUT2D eigenvalue weighted by Gasteiger charge is -1.86. The van der Waals surface area contributed by atoms with Gasteiger partial charge in [-0.3, -0.25) is 0 Å². The molecule has 0 aliphatic heterocycles. The molecule has 1 aromatic rings. The van der Waals surface area contributed by atoms with Crippen LogP contribution in [-0.2, 0) is 0 Å². The topological polar surface area (TPSA) is 49.6 Å². The predicted molar refractivity (Wildman–Crippen MR) is 34.7 cm³/mol. The van der Waals surface area contributed by atoms with Crippen molar-refractivity contribution in [1.29, 1.82) is 5.26 Å². The van der Waals surface area contributed by atoms with E-state index in [1.54, 1.807) is 0 Å². The Bertz CT molecular complexity index is 266. The van der Waals surface area contributed by atoms with Crippen molar-refractivity contribution >= 4 is 0 Å². The molecule has 3 nitrogen and oxygen atoms in total. The summed E-state index contributed by atoms with van der Waals surface area (Å²) in [7, 11) is 0. The van der Waals surface area contributed by atoms with Crippen molar-refractivity contribution in [2.45, 2.75) is 0 Å². The predicted octanol–water partition coefficient (Wildman–Crippen LogP) is 0.330. The zero-order chi connectivity index (χ0) is 7.40. The summed E-state index contributed by atoms with van der Waals surface area (Å²) in [5.41, 5.74) is 0.416. The third-order valence-corrected chi connectivity index (χ3v) is 0.910. The quantitative estimate of drug-likeness (QED) is 0.474. The van der Waals surface area contributed by atoms with Crippen LogP contribution in [0.4, 0.5) is 0 Å². The molecule has 3 heteroatoms. The first kappa shape index (κ1) is 6.25. The van der Waals surface area contributed by atoms with Crippen molar-refractivity contribution in [2.24, 2.45) is 0 Å². The van der Waals surface area contributed by atoms with Gasteiger partial charge in [0.15, 0.2) is 0 Å². The van der Waals surface area contributed by atoms with E-state index in [1.807, 2.05) is 6.07 Å². The zero-order valence-electron chi connectivity index (χ0n) is 5.07. The monoisotopic (exact) mass is 129 g/mol. The van der Waals surface area contributed by atoms with Crippen molar-refractivity contribution in [3.05, 3.63) is 23.8 Å². The molecule has 0 unspecified atom stereocenters. The molecule has 0 amide bonds. The number of rotatable bonds is 0. The van der Waals surface area contributed by atoms with Gasteiger partial charge in [0.2, 0.25) is 5.82 Å². The maximum absolute atomic E-state index is 8.32. The summed E-state index contributed by atoms with van der Waals surface area (Å²) in [5.74, 6) is 2.55. The minimum absolute atomic E-state index is 0.305. The van der Waals surface area contributed by atoms with Gasteiger partial charge in [-0.25, -0.2) is 9.97 Å². The Morgan fingerprint density at radius 1 is 1.40 bits per heavy atom. The first-order chi connectivity index (χ1) is 4.86. The van der Waals surface area contributed by atoms with E-state index in [0.717, 1.165) is 0 Å². The van der Waals surface area contributed by atoms with Gasteiger partial charge in [0.25, 0.3) is 0 Å². The van der Waals surface area contributed by atoms with Crippen LogP contribution in [0.2, 0.25) is 0 Å². The molecule has 0 radical (unpaired) electrons. The molecule has 0 N–H and O–H groups in total. The van der Waals surface area contributed by atoms with Crippen molar-refractivity contribution < 1.29 is 0 Å². The van der Waals surface area contributed by atoms with Crippen LogP contribution >= 0.6 is 0 Å². The van der Waals surface area contributed by atoms with Gasteiger partial charge >= 0.3 is 0 Å². The second kappa shape index (κ2) is 2.61. The smallest absolute Gasteiger partial charge is 0.204 e. The molecule has 0 aromatic carbocycles. The first-order valence-electron chi connectivity index (χ1n) is 2.55. The molecule has 1 aromatic heterocycles. The number of hydrogen-bond donors (Lipinski definition) is 0. The molecule has 0 fully saturated rings. The summed E-state index contributed by atoms with van der Waals surface area (Å²) < 4.78 is 0. The molecule has 0 aliphatic carbocycles. The standard InChI is InChI=1S/C7H3N3/c1-2-7-9-4-6(3-8)5-10-7/h1,4-5H. The van der Waals surface area contributed by atoms with E-state index in [-0.39, 0.29) is 0 Å². The van der Waals surface area contributed by atoms with Crippen LogP contribution in [0, 0.1) is 23.7 Å². The van der Waals surface area contributed by atoms with Crippen LogP contribution in [0.25, 0.3) is 0 Å². The summed E-state index contributed by atoms with van der Waals surface area (Å²) in [5, 5.41) is 8.32. The van der Waals surface area contributed by atoms with E-state index in [0.29, 0.717) is 11.4 Å². The highest BCUT2D eigenvalue weighted by Crippen LogP contribution is 1.90. The van der Waals surface area contributed by atoms with Crippen molar-refractivity contribution in [3.63, 3.8) is 0 Å². The van der Waals surface area contributed by atoms with Crippen molar-refractivity contribution in [2.75, 3.05) is 0 Å². The summed E-state index contributed by atoms with van der Waals surface area (Å²) in [6.07, 6.45) is 7.77. The molecule has 0 atom stereocenters. The maximum Gasteiger partial charge on any atom is 0.204 e. The fraction of sp³-hybridized carbons (Fsp3) is 0. The van der Waals surface area contributed by atoms with Gasteiger partial charge in [-0.05, 0) is 5.92 Å². The van der Waals surface area contributed by atoms with E-state index in [4.69, 9.17) is 11.7 Å². The molecular weight excluding hydrogens is 126 g/mol. The van der Waals surface area contributed by atoms with Crippen molar-refractivity contribution in [1.82, 2.24) is 9.97 Å². The van der Waals surface area contributed by atoms with Crippen LogP contribution in [0.3, 0.4) is 0 Å². The molecule has 1 heterocycles. The first-order valence-corrected chi connectivity index (χ1v) is 2.55. The van der Waals surface area contributed by atoms with Gasteiger partial charge in [-0.1, -0.05) is 0 Å². The highest BCUT2D eigenvalue weighted by atomic mass is 14.8. The third kappa shape index (κ3) is 1.10. The van der Waals surface area contributed by atoms with E-state index >= 15 is 0 Å². The average Bonchev–Trinajstić information content (AvgIpc) is 2.05. The van der Waals surface area contributed by atoms with E-state index < -0.39 is 0 Å². The van der Waals surface area contributed by atoms with Crippen LogP contribution in [0.1, 0.15) is 11.4 Å². The summed E-state index contributed by atoms with van der Waals surface area (Å²) in [6, 6.07) is 1.88. The Morgan fingerprint density at radius 3 is 2.40 bits per heavy atom. The minimum Gasteiger partial charge on any atom is -0.228 e. The fourth-order valence-electron chi connectivity index (χ4n) is 0.460. The fourth-order valence-corrected chi connectivity index (χ4v) is 0.460. The van der Waals surface area contributed by atoms with Crippen LogP contribution in [0.15, 0.2) is 12.4 Å². The molecule has 10 heavy (non-hydrogen) atoms. The van der Waals surface area contributed by atoms with Crippen LogP contribution in [0.5, 0.6) is 0 Å². The van der Waals surface area contributed by atoms with Gasteiger partial charge in [0, 0.05) is 12.4 Å². The number of aromatic nitrogens is 2. The lowest BCUT2D eigenvalue weighted by molar-refractivity contribution is 1.11. The molecule has 0 aliphatic rings. The van der Waals surface area contributed by atoms with Crippen LogP contribution < -0.4 is 0 Å². The second-order valence-corrected chi connectivity index (χ2v) is 1.55. The Balaban J connectivity index is 3.08. The SMILES string of the molecule is C#Cc1ncc(C#N)cn1. The van der Waals surface area contributed by atoms with Gasteiger partial charge in [-0.15, -0.1) is 6.42 Å². The normalized spacial score (nSPS) is 7.80. The lowest BCUT2D eigenvalue weighted by atomic mass is 10.4. The Labute approximate surface area is 58.4 Å². The van der Waals surface area contributed by atoms with Crippen LogP contribution in [-0.4, -0.2) is 9.97 Å². The molecule has 0 spiro atoms. The number of terminal acetylenes is 1. The number of hydrogen-bond acceptors (Lipinski definition) is 3. The lowest BCUT2D eigenvalue weighted by Crippen LogP contribution is -1.87. The number of nitrogens with zero attached hydrogens (tertiary/aromatic N) is 3.